The number of rotatable bonds is 2. The van der Waals surface area contributed by atoms with Gasteiger partial charge in [-0.15, -0.1) is 0 Å². The molecule has 1 N–H and O–H groups in total. The second-order valence-corrected chi connectivity index (χ2v) is 5.52. The third-order valence-electron chi connectivity index (χ3n) is 4.30. The summed E-state index contributed by atoms with van der Waals surface area (Å²) in [5.41, 5.74) is 5.06. The Morgan fingerprint density at radius 3 is 2.47 bits per heavy atom. The number of allylic oxidation sites excluding steroid dienone is 1. The van der Waals surface area contributed by atoms with Crippen LogP contribution in [0.3, 0.4) is 0 Å². The molecule has 2 aliphatic carbocycles. The van der Waals surface area contributed by atoms with E-state index in [1.165, 1.54) is 42.4 Å². The molecular formula is C16H20O. The van der Waals surface area contributed by atoms with Crippen molar-refractivity contribution >= 4 is 5.76 Å². The topological polar surface area (TPSA) is 20.2 Å². The van der Waals surface area contributed by atoms with Crippen LogP contribution in [0.2, 0.25) is 0 Å². The van der Waals surface area contributed by atoms with E-state index in [9.17, 15) is 5.11 Å². The van der Waals surface area contributed by atoms with Gasteiger partial charge in [-0.1, -0.05) is 30.2 Å². The summed E-state index contributed by atoms with van der Waals surface area (Å²) < 4.78 is 0. The Bertz CT molecular complexity index is 460. The Labute approximate surface area is 103 Å². The molecule has 0 bridgehead atoms. The van der Waals surface area contributed by atoms with Gasteiger partial charge in [-0.3, -0.25) is 0 Å². The number of hydrogen-bond acceptors (Lipinski definition) is 1. The first kappa shape index (κ1) is 10.9. The monoisotopic (exact) mass is 228 g/mol. The number of hydrogen-bond donors (Lipinski definition) is 1. The minimum Gasteiger partial charge on any atom is -0.507 e. The fourth-order valence-corrected chi connectivity index (χ4v) is 2.74. The smallest absolute Gasteiger partial charge is 0.122 e. The van der Waals surface area contributed by atoms with Crippen molar-refractivity contribution in [2.24, 2.45) is 0 Å². The van der Waals surface area contributed by atoms with Crippen molar-refractivity contribution in [3.63, 3.8) is 0 Å². The first-order valence-corrected chi connectivity index (χ1v) is 6.77. The Morgan fingerprint density at radius 1 is 1.18 bits per heavy atom. The van der Waals surface area contributed by atoms with E-state index in [-0.39, 0.29) is 0 Å². The molecule has 90 valence electrons. The third kappa shape index (κ3) is 1.88. The Hall–Kier alpha value is -1.24. The highest BCUT2D eigenvalue weighted by molar-refractivity contribution is 5.67. The molecule has 0 heterocycles. The van der Waals surface area contributed by atoms with E-state index in [0.29, 0.717) is 11.7 Å². The van der Waals surface area contributed by atoms with Crippen molar-refractivity contribution in [3.8, 4) is 0 Å². The predicted octanol–water partition coefficient (Wildman–Crippen LogP) is 4.72. The van der Waals surface area contributed by atoms with Gasteiger partial charge in [0.2, 0.25) is 0 Å². The lowest BCUT2D eigenvalue weighted by molar-refractivity contribution is 0.415. The van der Waals surface area contributed by atoms with Gasteiger partial charge >= 0.3 is 0 Å². The van der Waals surface area contributed by atoms with Crippen LogP contribution < -0.4 is 0 Å². The van der Waals surface area contributed by atoms with Crippen LogP contribution in [0.15, 0.2) is 23.8 Å². The average Bonchev–Trinajstić information content (AvgIpc) is 2.11. The molecule has 1 aromatic rings. The van der Waals surface area contributed by atoms with Gasteiger partial charge in [-0.05, 0) is 56.1 Å². The molecule has 2 fully saturated rings. The molecule has 0 aliphatic heterocycles. The van der Waals surface area contributed by atoms with E-state index in [2.05, 4.69) is 25.1 Å². The van der Waals surface area contributed by atoms with Gasteiger partial charge in [-0.2, -0.15) is 0 Å². The number of aliphatic hydroxyl groups is 1. The van der Waals surface area contributed by atoms with Gasteiger partial charge in [-0.25, -0.2) is 0 Å². The maximum atomic E-state index is 10.4. The number of aliphatic hydroxyl groups excluding tert-OH is 1. The van der Waals surface area contributed by atoms with Crippen molar-refractivity contribution < 1.29 is 5.11 Å². The lowest BCUT2D eigenvalue weighted by Gasteiger charge is -2.29. The summed E-state index contributed by atoms with van der Waals surface area (Å²) in [4.78, 5) is 0. The molecule has 2 saturated carbocycles. The normalized spacial score (nSPS) is 19.7. The molecule has 0 spiro atoms. The highest BCUT2D eigenvalue weighted by atomic mass is 16.3. The zero-order valence-corrected chi connectivity index (χ0v) is 10.5. The number of benzene rings is 1. The molecule has 3 rings (SSSR count). The van der Waals surface area contributed by atoms with E-state index in [4.69, 9.17) is 0 Å². The first-order valence-electron chi connectivity index (χ1n) is 6.77. The fourth-order valence-electron chi connectivity index (χ4n) is 2.74. The molecule has 0 aromatic heterocycles. The molecule has 1 nitrogen and oxygen atoms in total. The van der Waals surface area contributed by atoms with Crippen molar-refractivity contribution in [1.29, 1.82) is 0 Å². The van der Waals surface area contributed by atoms with Crippen molar-refractivity contribution in [2.45, 2.75) is 51.4 Å². The summed E-state index contributed by atoms with van der Waals surface area (Å²) in [7, 11) is 0. The second kappa shape index (κ2) is 4.21. The lowest BCUT2D eigenvalue weighted by Crippen LogP contribution is -2.12. The summed E-state index contributed by atoms with van der Waals surface area (Å²) in [6, 6.07) is 6.51. The van der Waals surface area contributed by atoms with Crippen LogP contribution in [-0.4, -0.2) is 5.11 Å². The van der Waals surface area contributed by atoms with Crippen LogP contribution in [0.1, 0.15) is 61.1 Å². The zero-order chi connectivity index (χ0) is 11.8. The average molecular weight is 228 g/mol. The summed E-state index contributed by atoms with van der Waals surface area (Å²) in [5.74, 6) is 1.27. The van der Waals surface area contributed by atoms with Gasteiger partial charge in [0, 0.05) is 5.56 Å². The van der Waals surface area contributed by atoms with Gasteiger partial charge in [0.05, 0.1) is 0 Å². The molecule has 2 aliphatic rings. The molecule has 0 unspecified atom stereocenters. The van der Waals surface area contributed by atoms with Gasteiger partial charge in [0.1, 0.15) is 5.76 Å². The van der Waals surface area contributed by atoms with Crippen LogP contribution in [-0.2, 0) is 0 Å². The molecule has 0 amide bonds. The summed E-state index contributed by atoms with van der Waals surface area (Å²) in [6.45, 7) is 2.14. The van der Waals surface area contributed by atoms with E-state index in [1.807, 2.05) is 0 Å². The van der Waals surface area contributed by atoms with E-state index >= 15 is 0 Å². The minimum atomic E-state index is 0.582. The summed E-state index contributed by atoms with van der Waals surface area (Å²) in [5, 5.41) is 10.4. The molecule has 1 heteroatoms. The van der Waals surface area contributed by atoms with Crippen LogP contribution in [0.5, 0.6) is 0 Å². The van der Waals surface area contributed by atoms with Crippen molar-refractivity contribution in [1.82, 2.24) is 0 Å². The Balaban J connectivity index is 2.02. The Kier molecular flexibility index (Phi) is 2.70. The Morgan fingerprint density at radius 2 is 1.94 bits per heavy atom. The van der Waals surface area contributed by atoms with Crippen LogP contribution in [0.4, 0.5) is 0 Å². The molecule has 0 radical (unpaired) electrons. The zero-order valence-electron chi connectivity index (χ0n) is 10.5. The standard InChI is InChI=1S/C16H20O/c1-11-8-9-14(16(17)13-6-3-7-13)15(10-11)12-4-2-5-12/h8-10,12,17H,2-7H2,1H3. The maximum absolute atomic E-state index is 10.4. The quantitative estimate of drug-likeness (QED) is 0.726. The lowest BCUT2D eigenvalue weighted by atomic mass is 9.76. The maximum Gasteiger partial charge on any atom is 0.122 e. The van der Waals surface area contributed by atoms with Gasteiger partial charge in [0.15, 0.2) is 0 Å². The SMILES string of the molecule is Cc1ccc(C(O)=C2CCC2)c(C2CCC2)c1. The highest BCUT2D eigenvalue weighted by Crippen LogP contribution is 2.41. The van der Waals surface area contributed by atoms with E-state index in [0.717, 1.165) is 18.4 Å². The molecule has 0 saturated heterocycles. The van der Waals surface area contributed by atoms with Gasteiger partial charge in [0.25, 0.3) is 0 Å². The first-order chi connectivity index (χ1) is 8.25. The summed E-state index contributed by atoms with van der Waals surface area (Å²) in [6.07, 6.45) is 7.34. The van der Waals surface area contributed by atoms with Crippen LogP contribution in [0, 0.1) is 6.92 Å². The van der Waals surface area contributed by atoms with Crippen molar-refractivity contribution in [2.75, 3.05) is 0 Å². The largest absolute Gasteiger partial charge is 0.507 e. The van der Waals surface area contributed by atoms with Crippen molar-refractivity contribution in [3.05, 3.63) is 40.5 Å². The molecule has 1 aromatic carbocycles. The molecule has 0 atom stereocenters. The fraction of sp³-hybridized carbons (Fsp3) is 0.500. The van der Waals surface area contributed by atoms with Gasteiger partial charge < -0.3 is 5.11 Å². The van der Waals surface area contributed by atoms with E-state index < -0.39 is 0 Å². The number of aryl methyl sites for hydroxylation is 1. The summed E-state index contributed by atoms with van der Waals surface area (Å²) >= 11 is 0. The van der Waals surface area contributed by atoms with Crippen LogP contribution >= 0.6 is 0 Å². The predicted molar refractivity (Wildman–Crippen MR) is 71.2 cm³/mol. The van der Waals surface area contributed by atoms with Crippen LogP contribution in [0.25, 0.3) is 5.76 Å². The van der Waals surface area contributed by atoms with E-state index in [1.54, 1.807) is 0 Å². The molecular weight excluding hydrogens is 208 g/mol. The second-order valence-electron chi connectivity index (χ2n) is 5.52. The third-order valence-corrected chi connectivity index (χ3v) is 4.30. The molecule has 17 heavy (non-hydrogen) atoms. The highest BCUT2D eigenvalue weighted by Gasteiger charge is 2.25. The minimum absolute atomic E-state index is 0.582.